The molecule has 1 fully saturated rings. The summed E-state index contributed by atoms with van der Waals surface area (Å²) in [6, 6.07) is 0. The zero-order valence-electron chi connectivity index (χ0n) is 11.5. The number of nitrogens with zero attached hydrogens (tertiary/aromatic N) is 1. The lowest BCUT2D eigenvalue weighted by atomic mass is 9.94. The molecule has 1 unspecified atom stereocenters. The van der Waals surface area contributed by atoms with Crippen LogP contribution in [0.2, 0.25) is 0 Å². The van der Waals surface area contributed by atoms with Gasteiger partial charge in [0.05, 0.1) is 6.61 Å². The Hall–Kier alpha value is -0.120. The van der Waals surface area contributed by atoms with Gasteiger partial charge < -0.3 is 15.4 Å². The summed E-state index contributed by atoms with van der Waals surface area (Å²) in [6.45, 7) is 8.57. The standard InChI is InChI=1S/C14H30N2O/c1-2-5-14(7-8-15)6-3-9-16-10-4-12-17-13-11-16/h14H,2-13,15H2,1H3. The maximum Gasteiger partial charge on any atom is 0.0593 e. The van der Waals surface area contributed by atoms with Crippen molar-refractivity contribution in [2.45, 2.75) is 45.4 Å². The van der Waals surface area contributed by atoms with E-state index in [1.165, 1.54) is 51.6 Å². The highest BCUT2D eigenvalue weighted by atomic mass is 16.5. The summed E-state index contributed by atoms with van der Waals surface area (Å²) < 4.78 is 5.47. The normalized spacial score (nSPS) is 20.1. The van der Waals surface area contributed by atoms with Crippen molar-refractivity contribution in [2.24, 2.45) is 11.7 Å². The highest BCUT2D eigenvalue weighted by Crippen LogP contribution is 2.17. The molecule has 0 aromatic heterocycles. The van der Waals surface area contributed by atoms with Gasteiger partial charge in [0.2, 0.25) is 0 Å². The molecule has 17 heavy (non-hydrogen) atoms. The van der Waals surface area contributed by atoms with E-state index in [1.54, 1.807) is 0 Å². The molecule has 1 atom stereocenters. The van der Waals surface area contributed by atoms with Crippen molar-refractivity contribution in [1.29, 1.82) is 0 Å². The van der Waals surface area contributed by atoms with E-state index in [0.717, 1.165) is 32.2 Å². The Morgan fingerprint density at radius 2 is 2.06 bits per heavy atom. The Bertz CT molecular complexity index is 160. The number of hydrogen-bond donors (Lipinski definition) is 1. The molecule has 3 nitrogen and oxygen atoms in total. The Kier molecular flexibility index (Phi) is 8.67. The van der Waals surface area contributed by atoms with E-state index in [1.807, 2.05) is 0 Å². The van der Waals surface area contributed by atoms with Crippen molar-refractivity contribution in [3.63, 3.8) is 0 Å². The second-order valence-corrected chi connectivity index (χ2v) is 5.18. The maximum absolute atomic E-state index is 5.67. The Morgan fingerprint density at radius 3 is 2.82 bits per heavy atom. The summed E-state index contributed by atoms with van der Waals surface area (Å²) in [6.07, 6.45) is 7.72. The van der Waals surface area contributed by atoms with Crippen molar-refractivity contribution < 1.29 is 4.74 Å². The molecule has 0 aromatic rings. The van der Waals surface area contributed by atoms with Gasteiger partial charge >= 0.3 is 0 Å². The number of hydrogen-bond acceptors (Lipinski definition) is 3. The topological polar surface area (TPSA) is 38.5 Å². The van der Waals surface area contributed by atoms with E-state index >= 15 is 0 Å². The smallest absolute Gasteiger partial charge is 0.0593 e. The number of rotatable bonds is 8. The molecule has 1 heterocycles. The van der Waals surface area contributed by atoms with Gasteiger partial charge in [-0.1, -0.05) is 19.8 Å². The van der Waals surface area contributed by atoms with Crippen LogP contribution in [0.15, 0.2) is 0 Å². The number of ether oxygens (including phenoxy) is 1. The SMILES string of the molecule is CCCC(CCN)CCCN1CCCOCC1. The molecule has 0 aromatic carbocycles. The van der Waals surface area contributed by atoms with Gasteiger partial charge in [-0.3, -0.25) is 0 Å². The van der Waals surface area contributed by atoms with Crippen molar-refractivity contribution in [1.82, 2.24) is 4.90 Å². The molecule has 0 spiro atoms. The van der Waals surface area contributed by atoms with Crippen molar-refractivity contribution in [3.05, 3.63) is 0 Å². The van der Waals surface area contributed by atoms with E-state index in [2.05, 4.69) is 11.8 Å². The largest absolute Gasteiger partial charge is 0.380 e. The average molecular weight is 242 g/mol. The Morgan fingerprint density at radius 1 is 1.18 bits per heavy atom. The second kappa shape index (κ2) is 9.86. The van der Waals surface area contributed by atoms with Gasteiger partial charge in [0, 0.05) is 19.7 Å². The Balaban J connectivity index is 2.10. The van der Waals surface area contributed by atoms with E-state index in [9.17, 15) is 0 Å². The van der Waals surface area contributed by atoms with Crippen LogP contribution >= 0.6 is 0 Å². The van der Waals surface area contributed by atoms with Gasteiger partial charge in [-0.25, -0.2) is 0 Å². The summed E-state index contributed by atoms with van der Waals surface area (Å²) in [5.41, 5.74) is 5.67. The molecular formula is C14H30N2O. The zero-order chi connectivity index (χ0) is 12.3. The first-order valence-electron chi connectivity index (χ1n) is 7.37. The molecule has 0 bridgehead atoms. The Labute approximate surface area is 107 Å². The van der Waals surface area contributed by atoms with Gasteiger partial charge in [-0.15, -0.1) is 0 Å². The summed E-state index contributed by atoms with van der Waals surface area (Å²) in [7, 11) is 0. The first-order valence-corrected chi connectivity index (χ1v) is 7.37. The molecule has 0 amide bonds. The first kappa shape index (κ1) is 14.9. The van der Waals surface area contributed by atoms with Crippen LogP contribution < -0.4 is 5.73 Å². The molecule has 1 aliphatic heterocycles. The maximum atomic E-state index is 5.67. The van der Waals surface area contributed by atoms with Crippen LogP contribution in [0.4, 0.5) is 0 Å². The van der Waals surface area contributed by atoms with Crippen LogP contribution in [0.25, 0.3) is 0 Å². The van der Waals surface area contributed by atoms with Crippen molar-refractivity contribution in [2.75, 3.05) is 39.4 Å². The molecule has 102 valence electrons. The third kappa shape index (κ3) is 7.02. The van der Waals surface area contributed by atoms with Crippen LogP contribution in [0.5, 0.6) is 0 Å². The molecule has 1 rings (SSSR count). The minimum atomic E-state index is 0.849. The van der Waals surface area contributed by atoms with Crippen LogP contribution in [0.3, 0.4) is 0 Å². The third-order valence-electron chi connectivity index (χ3n) is 3.67. The fourth-order valence-electron chi connectivity index (χ4n) is 2.70. The highest BCUT2D eigenvalue weighted by Gasteiger charge is 2.11. The molecule has 0 radical (unpaired) electrons. The second-order valence-electron chi connectivity index (χ2n) is 5.18. The summed E-state index contributed by atoms with van der Waals surface area (Å²) in [5.74, 6) is 0.855. The predicted octanol–water partition coefficient (Wildman–Crippen LogP) is 2.25. The average Bonchev–Trinajstić information content (AvgIpc) is 2.58. The minimum Gasteiger partial charge on any atom is -0.380 e. The molecular weight excluding hydrogens is 212 g/mol. The van der Waals surface area contributed by atoms with Crippen LogP contribution in [-0.4, -0.2) is 44.3 Å². The van der Waals surface area contributed by atoms with Gasteiger partial charge in [-0.2, -0.15) is 0 Å². The van der Waals surface area contributed by atoms with E-state index in [4.69, 9.17) is 10.5 Å². The fourth-order valence-corrected chi connectivity index (χ4v) is 2.70. The highest BCUT2D eigenvalue weighted by molar-refractivity contribution is 4.65. The van der Waals surface area contributed by atoms with Gasteiger partial charge in [-0.05, 0) is 44.7 Å². The monoisotopic (exact) mass is 242 g/mol. The molecule has 0 aliphatic carbocycles. The van der Waals surface area contributed by atoms with Crippen LogP contribution in [0, 0.1) is 5.92 Å². The van der Waals surface area contributed by atoms with Crippen LogP contribution in [-0.2, 0) is 4.74 Å². The first-order chi connectivity index (χ1) is 8.36. The summed E-state index contributed by atoms with van der Waals surface area (Å²) in [4.78, 5) is 2.55. The minimum absolute atomic E-state index is 0.849. The molecule has 3 heteroatoms. The van der Waals surface area contributed by atoms with E-state index in [-0.39, 0.29) is 0 Å². The quantitative estimate of drug-likeness (QED) is 0.709. The summed E-state index contributed by atoms with van der Waals surface area (Å²) >= 11 is 0. The lowest BCUT2D eigenvalue weighted by Gasteiger charge is -2.21. The van der Waals surface area contributed by atoms with Gasteiger partial charge in [0.1, 0.15) is 0 Å². The molecule has 2 N–H and O–H groups in total. The van der Waals surface area contributed by atoms with Crippen LogP contribution in [0.1, 0.15) is 45.4 Å². The molecule has 1 saturated heterocycles. The third-order valence-corrected chi connectivity index (χ3v) is 3.67. The van der Waals surface area contributed by atoms with E-state index in [0.29, 0.717) is 0 Å². The molecule has 1 aliphatic rings. The van der Waals surface area contributed by atoms with Gasteiger partial charge in [0.25, 0.3) is 0 Å². The van der Waals surface area contributed by atoms with Gasteiger partial charge in [0.15, 0.2) is 0 Å². The lowest BCUT2D eigenvalue weighted by molar-refractivity contribution is 0.141. The van der Waals surface area contributed by atoms with Crippen molar-refractivity contribution >= 4 is 0 Å². The number of nitrogens with two attached hydrogens (primary N) is 1. The molecule has 0 saturated carbocycles. The lowest BCUT2D eigenvalue weighted by Crippen LogP contribution is -2.27. The fraction of sp³-hybridized carbons (Fsp3) is 1.00. The van der Waals surface area contributed by atoms with Crippen molar-refractivity contribution in [3.8, 4) is 0 Å². The summed E-state index contributed by atoms with van der Waals surface area (Å²) in [5, 5.41) is 0. The van der Waals surface area contributed by atoms with E-state index < -0.39 is 0 Å². The zero-order valence-corrected chi connectivity index (χ0v) is 11.5. The predicted molar refractivity (Wildman–Crippen MR) is 73.2 cm³/mol.